The van der Waals surface area contributed by atoms with Crippen molar-refractivity contribution in [2.45, 2.75) is 25.4 Å². The molecule has 1 aromatic rings. The van der Waals surface area contributed by atoms with Gasteiger partial charge in [-0.3, -0.25) is 4.90 Å². The number of hydrogen-bond donors (Lipinski definition) is 0. The number of nitrogens with zero attached hydrogens (tertiary/aromatic N) is 1. The molecule has 2 heteroatoms. The second-order valence-corrected chi connectivity index (χ2v) is 8.47. The Morgan fingerprint density at radius 2 is 1.76 bits per heavy atom. The highest BCUT2D eigenvalue weighted by atomic mass is 19.1. The predicted octanol–water partition coefficient (Wildman–Crippen LogP) is 3.40. The third kappa shape index (κ3) is 1.17. The van der Waals surface area contributed by atoms with Gasteiger partial charge in [0.15, 0.2) is 0 Å². The lowest BCUT2D eigenvalue weighted by Crippen LogP contribution is -2.51. The van der Waals surface area contributed by atoms with Gasteiger partial charge in [0.25, 0.3) is 0 Å². The first-order valence-electron chi connectivity index (χ1n) is 8.69. The van der Waals surface area contributed by atoms with Crippen LogP contribution in [0.5, 0.6) is 0 Å². The SMILES string of the molecule is CN(Cc1cccc(F)c1)[C@H]1[C@H]2[C@H]3C[C@@H]4[C@H]5[C@H]3C[C@H]2[C@@H]5[C@H]41. The molecular formula is C19H22FN. The minimum Gasteiger partial charge on any atom is -0.299 e. The Hall–Kier alpha value is -0.890. The van der Waals surface area contributed by atoms with E-state index in [4.69, 9.17) is 0 Å². The average Bonchev–Trinajstić information content (AvgIpc) is 2.97. The Balaban J connectivity index is 1.31. The van der Waals surface area contributed by atoms with Crippen LogP contribution in [-0.2, 0) is 6.54 Å². The lowest BCUT2D eigenvalue weighted by atomic mass is 9.58. The van der Waals surface area contributed by atoms with Gasteiger partial charge in [-0.05, 0) is 84.9 Å². The highest BCUT2D eigenvalue weighted by Gasteiger charge is 2.80. The number of fused-ring (bicyclic) bond motifs is 2. The number of halogens is 1. The summed E-state index contributed by atoms with van der Waals surface area (Å²) < 4.78 is 13.4. The van der Waals surface area contributed by atoms with E-state index in [1.165, 1.54) is 0 Å². The maximum atomic E-state index is 13.4. The summed E-state index contributed by atoms with van der Waals surface area (Å²) in [5.74, 6) is 8.39. The van der Waals surface area contributed by atoms with Gasteiger partial charge in [0.2, 0.25) is 0 Å². The quantitative estimate of drug-likeness (QED) is 0.822. The summed E-state index contributed by atoms with van der Waals surface area (Å²) in [7, 11) is 2.29. The van der Waals surface area contributed by atoms with E-state index in [-0.39, 0.29) is 5.82 Å². The van der Waals surface area contributed by atoms with Gasteiger partial charge >= 0.3 is 0 Å². The van der Waals surface area contributed by atoms with Crippen molar-refractivity contribution in [1.29, 1.82) is 0 Å². The van der Waals surface area contributed by atoms with Gasteiger partial charge in [0, 0.05) is 12.6 Å². The molecule has 0 amide bonds. The molecule has 110 valence electrons. The van der Waals surface area contributed by atoms with E-state index < -0.39 is 0 Å². The summed E-state index contributed by atoms with van der Waals surface area (Å²) in [5.41, 5.74) is 1.14. The first-order chi connectivity index (χ1) is 10.2. The maximum absolute atomic E-state index is 13.4. The van der Waals surface area contributed by atoms with Crippen molar-refractivity contribution >= 4 is 0 Å². The highest BCUT2D eigenvalue weighted by molar-refractivity contribution is 5.29. The summed E-state index contributed by atoms with van der Waals surface area (Å²) in [5, 5.41) is 0. The molecule has 0 aliphatic heterocycles. The van der Waals surface area contributed by atoms with Crippen molar-refractivity contribution in [2.24, 2.45) is 47.3 Å². The van der Waals surface area contributed by atoms with Crippen LogP contribution in [0.2, 0.25) is 0 Å². The van der Waals surface area contributed by atoms with Crippen LogP contribution in [0.15, 0.2) is 24.3 Å². The molecule has 2 bridgehead atoms. The zero-order valence-electron chi connectivity index (χ0n) is 12.5. The summed E-state index contributed by atoms with van der Waals surface area (Å²) >= 11 is 0. The Morgan fingerprint density at radius 3 is 2.57 bits per heavy atom. The maximum Gasteiger partial charge on any atom is 0.123 e. The van der Waals surface area contributed by atoms with E-state index in [0.29, 0.717) is 0 Å². The smallest absolute Gasteiger partial charge is 0.123 e. The van der Waals surface area contributed by atoms with Crippen LogP contribution in [0.4, 0.5) is 4.39 Å². The average molecular weight is 283 g/mol. The Labute approximate surface area is 125 Å². The van der Waals surface area contributed by atoms with Crippen molar-refractivity contribution in [1.82, 2.24) is 4.90 Å². The Morgan fingerprint density at radius 1 is 1.00 bits per heavy atom. The number of hydrogen-bond acceptors (Lipinski definition) is 1. The summed E-state index contributed by atoms with van der Waals surface area (Å²) in [4.78, 5) is 2.58. The van der Waals surface area contributed by atoms with Crippen LogP contribution < -0.4 is 0 Å². The molecule has 9 atom stereocenters. The van der Waals surface area contributed by atoms with Gasteiger partial charge < -0.3 is 0 Å². The molecule has 1 aromatic carbocycles. The molecule has 6 rings (SSSR count). The van der Waals surface area contributed by atoms with Gasteiger partial charge in [-0.25, -0.2) is 4.39 Å². The van der Waals surface area contributed by atoms with Crippen LogP contribution in [0.25, 0.3) is 0 Å². The number of rotatable bonds is 3. The van der Waals surface area contributed by atoms with Crippen LogP contribution >= 0.6 is 0 Å². The topological polar surface area (TPSA) is 3.24 Å². The van der Waals surface area contributed by atoms with Gasteiger partial charge in [0.05, 0.1) is 0 Å². The molecule has 0 radical (unpaired) electrons. The molecule has 5 aliphatic carbocycles. The molecule has 5 saturated carbocycles. The van der Waals surface area contributed by atoms with Crippen molar-refractivity contribution in [3.05, 3.63) is 35.6 Å². The summed E-state index contributed by atoms with van der Waals surface area (Å²) in [6, 6.07) is 7.98. The molecule has 0 N–H and O–H groups in total. The van der Waals surface area contributed by atoms with Gasteiger partial charge in [-0.1, -0.05) is 12.1 Å². The number of benzene rings is 1. The van der Waals surface area contributed by atoms with Crippen molar-refractivity contribution in [2.75, 3.05) is 7.05 Å². The van der Waals surface area contributed by atoms with Crippen LogP contribution in [-0.4, -0.2) is 18.0 Å². The molecule has 1 nitrogen and oxygen atoms in total. The first-order valence-corrected chi connectivity index (χ1v) is 8.69. The normalized spacial score (nSPS) is 54.0. The van der Waals surface area contributed by atoms with Crippen molar-refractivity contribution in [3.63, 3.8) is 0 Å². The third-order valence-corrected chi connectivity index (χ3v) is 8.11. The first kappa shape index (κ1) is 11.6. The monoisotopic (exact) mass is 283 g/mol. The van der Waals surface area contributed by atoms with Gasteiger partial charge in [-0.2, -0.15) is 0 Å². The minimum absolute atomic E-state index is 0.0973. The minimum atomic E-state index is -0.0973. The lowest BCUT2D eigenvalue weighted by molar-refractivity contribution is -0.0220. The molecule has 0 aromatic heterocycles. The molecule has 5 aliphatic rings. The van der Waals surface area contributed by atoms with E-state index in [1.54, 1.807) is 25.0 Å². The van der Waals surface area contributed by atoms with Crippen molar-refractivity contribution in [3.8, 4) is 0 Å². The summed E-state index contributed by atoms with van der Waals surface area (Å²) in [6.07, 6.45) is 3.12. The van der Waals surface area contributed by atoms with E-state index in [1.807, 2.05) is 6.07 Å². The van der Waals surface area contributed by atoms with Crippen LogP contribution in [0, 0.1) is 53.2 Å². The molecule has 21 heavy (non-hydrogen) atoms. The molecule has 0 heterocycles. The largest absolute Gasteiger partial charge is 0.299 e. The molecule has 0 spiro atoms. The van der Waals surface area contributed by atoms with Gasteiger partial charge in [0.1, 0.15) is 5.82 Å². The zero-order valence-corrected chi connectivity index (χ0v) is 12.5. The molecular weight excluding hydrogens is 261 g/mol. The highest BCUT2D eigenvalue weighted by Crippen LogP contribution is 2.83. The molecule has 5 fully saturated rings. The molecule has 0 saturated heterocycles. The third-order valence-electron chi connectivity index (χ3n) is 8.11. The second kappa shape index (κ2) is 3.53. The summed E-state index contributed by atoms with van der Waals surface area (Å²) in [6.45, 7) is 0.920. The lowest BCUT2D eigenvalue weighted by Gasteiger charge is -2.50. The fourth-order valence-electron chi connectivity index (χ4n) is 8.04. The van der Waals surface area contributed by atoms with Crippen LogP contribution in [0.1, 0.15) is 18.4 Å². The Bertz CT molecular complexity index is 622. The Kier molecular flexibility index (Phi) is 1.96. The standard InChI is InChI=1S/C19H22FN/c1-21(8-9-3-2-4-10(20)5-9)19-16-12-7-13-15-11(12)6-14(16)17(15)18(13)19/h2-5,11-19H,6-8H2,1H3/t11-,12-,13+,14+,15+,16-,17-,18-,19-/m0/s1. The van der Waals surface area contributed by atoms with Crippen LogP contribution in [0.3, 0.4) is 0 Å². The van der Waals surface area contributed by atoms with Crippen molar-refractivity contribution < 1.29 is 4.39 Å². The van der Waals surface area contributed by atoms with E-state index in [2.05, 4.69) is 18.0 Å². The molecule has 0 unspecified atom stereocenters. The van der Waals surface area contributed by atoms with Gasteiger partial charge in [-0.15, -0.1) is 0 Å². The fourth-order valence-corrected chi connectivity index (χ4v) is 8.04. The fraction of sp³-hybridized carbons (Fsp3) is 0.684. The van der Waals surface area contributed by atoms with E-state index in [9.17, 15) is 4.39 Å². The second-order valence-electron chi connectivity index (χ2n) is 8.47. The zero-order chi connectivity index (χ0) is 13.9. The predicted molar refractivity (Wildman–Crippen MR) is 78.8 cm³/mol. The van der Waals surface area contributed by atoms with E-state index >= 15 is 0 Å². The van der Waals surface area contributed by atoms with E-state index in [0.717, 1.165) is 65.5 Å².